The van der Waals surface area contributed by atoms with E-state index in [4.69, 9.17) is 9.47 Å². The van der Waals surface area contributed by atoms with Gasteiger partial charge in [-0.05, 0) is 25.0 Å². The average molecular weight is 339 g/mol. The summed E-state index contributed by atoms with van der Waals surface area (Å²) in [5.74, 6) is 0.779. The Balaban J connectivity index is 1.45. The molecule has 23 heavy (non-hydrogen) atoms. The van der Waals surface area contributed by atoms with E-state index in [0.717, 1.165) is 19.4 Å². The summed E-state index contributed by atoms with van der Waals surface area (Å²) in [6.07, 6.45) is 2.30. The Morgan fingerprint density at radius 1 is 1.30 bits per heavy atom. The van der Waals surface area contributed by atoms with Gasteiger partial charge in [-0.15, -0.1) is 11.8 Å². The van der Waals surface area contributed by atoms with Gasteiger partial charge in [0, 0.05) is 36.1 Å². The lowest BCUT2D eigenvalue weighted by molar-refractivity contribution is -0.138. The van der Waals surface area contributed by atoms with Gasteiger partial charge in [0.1, 0.15) is 5.82 Å². The summed E-state index contributed by atoms with van der Waals surface area (Å²) in [5.41, 5.74) is 0. The van der Waals surface area contributed by atoms with Crippen molar-refractivity contribution >= 4 is 17.7 Å². The summed E-state index contributed by atoms with van der Waals surface area (Å²) in [6.45, 7) is 2.79. The molecule has 2 aliphatic heterocycles. The number of carbonyl (C=O) groups is 1. The van der Waals surface area contributed by atoms with E-state index in [-0.39, 0.29) is 23.9 Å². The number of ether oxygens (including phenoxy) is 2. The van der Waals surface area contributed by atoms with E-state index < -0.39 is 0 Å². The van der Waals surface area contributed by atoms with Gasteiger partial charge in [0.25, 0.3) is 0 Å². The highest BCUT2D eigenvalue weighted by molar-refractivity contribution is 7.99. The van der Waals surface area contributed by atoms with Crippen LogP contribution >= 0.6 is 11.8 Å². The molecule has 1 amide bonds. The predicted molar refractivity (Wildman–Crippen MR) is 86.7 cm³/mol. The molecule has 0 aliphatic carbocycles. The number of hydrogen-bond donors (Lipinski definition) is 0. The lowest BCUT2D eigenvalue weighted by Gasteiger charge is -2.34. The molecule has 2 fully saturated rings. The minimum atomic E-state index is -0.224. The standard InChI is InChI=1S/C17H22FNO3S/c18-14-5-1-2-6-15(14)23-11-7-16(20)19-8-3-4-13(12-19)17-21-9-10-22-17/h1-2,5-6,13,17H,3-4,7-12H2. The number of nitrogens with zero attached hydrogens (tertiary/aromatic N) is 1. The lowest BCUT2D eigenvalue weighted by Crippen LogP contribution is -2.43. The molecule has 2 saturated heterocycles. The monoisotopic (exact) mass is 339 g/mol. The van der Waals surface area contributed by atoms with Crippen LogP contribution in [0.1, 0.15) is 19.3 Å². The zero-order valence-electron chi connectivity index (χ0n) is 13.1. The number of hydrogen-bond acceptors (Lipinski definition) is 4. The Kier molecular flexibility index (Phi) is 5.91. The maximum absolute atomic E-state index is 13.5. The molecule has 1 aromatic carbocycles. The Morgan fingerprint density at radius 2 is 2.09 bits per heavy atom. The zero-order valence-corrected chi connectivity index (χ0v) is 13.9. The molecule has 6 heteroatoms. The molecule has 0 bridgehead atoms. The molecular formula is C17H22FNO3S. The molecular weight excluding hydrogens is 317 g/mol. The number of likely N-dealkylation sites (tertiary alicyclic amines) is 1. The van der Waals surface area contributed by atoms with Crippen molar-refractivity contribution in [1.82, 2.24) is 4.90 Å². The van der Waals surface area contributed by atoms with Gasteiger partial charge in [-0.1, -0.05) is 12.1 Å². The molecule has 0 radical (unpaired) electrons. The van der Waals surface area contributed by atoms with Gasteiger partial charge in [0.05, 0.1) is 13.2 Å². The molecule has 1 aromatic rings. The SMILES string of the molecule is O=C(CCSc1ccccc1F)N1CCCC(C2OCCO2)C1. The van der Waals surface area contributed by atoms with Crippen molar-refractivity contribution in [3.05, 3.63) is 30.1 Å². The minimum Gasteiger partial charge on any atom is -0.350 e. The van der Waals surface area contributed by atoms with E-state index in [2.05, 4.69) is 0 Å². The Labute approximate surface area is 140 Å². The Hall–Kier alpha value is -1.11. The van der Waals surface area contributed by atoms with Gasteiger partial charge in [-0.2, -0.15) is 0 Å². The fourth-order valence-electron chi connectivity index (χ4n) is 3.08. The van der Waals surface area contributed by atoms with Crippen molar-refractivity contribution in [3.63, 3.8) is 0 Å². The molecule has 1 atom stereocenters. The van der Waals surface area contributed by atoms with Gasteiger partial charge in [-0.25, -0.2) is 4.39 Å². The van der Waals surface area contributed by atoms with Crippen molar-refractivity contribution in [3.8, 4) is 0 Å². The van der Waals surface area contributed by atoms with Crippen LogP contribution in [0.2, 0.25) is 0 Å². The molecule has 4 nitrogen and oxygen atoms in total. The quantitative estimate of drug-likeness (QED) is 0.773. The fraction of sp³-hybridized carbons (Fsp3) is 0.588. The molecule has 2 heterocycles. The number of thioether (sulfide) groups is 1. The first kappa shape index (κ1) is 16.7. The van der Waals surface area contributed by atoms with Crippen LogP contribution in [0.15, 0.2) is 29.2 Å². The number of benzene rings is 1. The van der Waals surface area contributed by atoms with Gasteiger partial charge >= 0.3 is 0 Å². The van der Waals surface area contributed by atoms with Crippen LogP contribution < -0.4 is 0 Å². The third-order valence-electron chi connectivity index (χ3n) is 4.25. The molecule has 0 saturated carbocycles. The van der Waals surface area contributed by atoms with E-state index in [1.54, 1.807) is 12.1 Å². The van der Waals surface area contributed by atoms with Gasteiger partial charge in [0.15, 0.2) is 6.29 Å². The number of carbonyl (C=O) groups excluding carboxylic acids is 1. The summed E-state index contributed by atoms with van der Waals surface area (Å²) in [4.78, 5) is 14.9. The molecule has 3 rings (SSSR count). The first-order valence-corrected chi connectivity index (χ1v) is 9.11. The molecule has 0 aromatic heterocycles. The Morgan fingerprint density at radius 3 is 2.87 bits per heavy atom. The largest absolute Gasteiger partial charge is 0.350 e. The van der Waals surface area contributed by atoms with Crippen molar-refractivity contribution in [2.45, 2.75) is 30.4 Å². The van der Waals surface area contributed by atoms with Gasteiger partial charge in [-0.3, -0.25) is 4.79 Å². The molecule has 1 unspecified atom stereocenters. The first-order chi connectivity index (χ1) is 11.2. The second kappa shape index (κ2) is 8.13. The third kappa shape index (κ3) is 4.46. The molecule has 0 N–H and O–H groups in total. The van der Waals surface area contributed by atoms with Gasteiger partial charge in [0.2, 0.25) is 5.91 Å². The van der Waals surface area contributed by atoms with E-state index in [1.807, 2.05) is 11.0 Å². The fourth-order valence-corrected chi connectivity index (χ4v) is 3.95. The molecule has 0 spiro atoms. The maximum atomic E-state index is 13.5. The third-order valence-corrected chi connectivity index (χ3v) is 5.30. The smallest absolute Gasteiger partial charge is 0.223 e. The second-order valence-corrected chi connectivity index (χ2v) is 7.02. The van der Waals surface area contributed by atoms with Crippen molar-refractivity contribution in [2.24, 2.45) is 5.92 Å². The van der Waals surface area contributed by atoms with Crippen LogP contribution in [0.25, 0.3) is 0 Å². The van der Waals surface area contributed by atoms with Crippen LogP contribution in [-0.2, 0) is 14.3 Å². The Bertz CT molecular complexity index is 536. The first-order valence-electron chi connectivity index (χ1n) is 8.12. The normalized spacial score (nSPS) is 22.5. The maximum Gasteiger partial charge on any atom is 0.223 e. The number of amides is 1. The summed E-state index contributed by atoms with van der Waals surface area (Å²) >= 11 is 1.39. The van der Waals surface area contributed by atoms with Crippen LogP contribution in [0.3, 0.4) is 0 Å². The van der Waals surface area contributed by atoms with Crippen LogP contribution in [0.4, 0.5) is 4.39 Å². The van der Waals surface area contributed by atoms with Crippen molar-refractivity contribution < 1.29 is 18.7 Å². The van der Waals surface area contributed by atoms with Crippen molar-refractivity contribution in [1.29, 1.82) is 0 Å². The van der Waals surface area contributed by atoms with E-state index in [0.29, 0.717) is 36.8 Å². The van der Waals surface area contributed by atoms with Crippen LogP contribution in [0.5, 0.6) is 0 Å². The number of piperidine rings is 1. The van der Waals surface area contributed by atoms with Gasteiger partial charge < -0.3 is 14.4 Å². The topological polar surface area (TPSA) is 38.8 Å². The predicted octanol–water partition coefficient (Wildman–Crippen LogP) is 2.92. The average Bonchev–Trinajstić information content (AvgIpc) is 3.11. The van der Waals surface area contributed by atoms with E-state index in [1.165, 1.54) is 17.8 Å². The highest BCUT2D eigenvalue weighted by Crippen LogP contribution is 2.26. The second-order valence-electron chi connectivity index (χ2n) is 5.88. The van der Waals surface area contributed by atoms with E-state index >= 15 is 0 Å². The van der Waals surface area contributed by atoms with E-state index in [9.17, 15) is 9.18 Å². The highest BCUT2D eigenvalue weighted by atomic mass is 32.2. The van der Waals surface area contributed by atoms with Crippen LogP contribution in [-0.4, -0.2) is 49.2 Å². The van der Waals surface area contributed by atoms with Crippen molar-refractivity contribution in [2.75, 3.05) is 32.1 Å². The molecule has 126 valence electrons. The lowest BCUT2D eigenvalue weighted by atomic mass is 9.97. The van der Waals surface area contributed by atoms with Crippen LogP contribution in [0, 0.1) is 11.7 Å². The summed E-state index contributed by atoms with van der Waals surface area (Å²) < 4.78 is 24.7. The highest BCUT2D eigenvalue weighted by Gasteiger charge is 2.32. The minimum absolute atomic E-state index is 0.136. The number of halogens is 1. The molecule has 2 aliphatic rings. The zero-order chi connectivity index (χ0) is 16.1. The summed E-state index contributed by atoms with van der Waals surface area (Å²) in [7, 11) is 0. The summed E-state index contributed by atoms with van der Waals surface area (Å²) in [6, 6.07) is 6.67. The summed E-state index contributed by atoms with van der Waals surface area (Å²) in [5, 5.41) is 0. The number of rotatable bonds is 5.